The molecule has 0 radical (unpaired) electrons. The van der Waals surface area contributed by atoms with Gasteiger partial charge in [0.2, 0.25) is 0 Å². The largest absolute Gasteiger partial charge is 0.342 e. The minimum absolute atomic E-state index is 0.959. The van der Waals surface area contributed by atoms with Gasteiger partial charge in [0.15, 0.2) is 0 Å². The molecule has 2 aromatic rings. The predicted octanol–water partition coefficient (Wildman–Crippen LogP) is 3.00. The number of hydrogen-bond acceptors (Lipinski definition) is 1. The molecule has 2 nitrogen and oxygen atoms in total. The van der Waals surface area contributed by atoms with Gasteiger partial charge in [-0.2, -0.15) is 0 Å². The number of aromatic nitrogens is 2. The summed E-state index contributed by atoms with van der Waals surface area (Å²) >= 11 is 0. The van der Waals surface area contributed by atoms with Crippen molar-refractivity contribution in [3.8, 4) is 11.3 Å². The molecule has 0 atom stereocenters. The molecule has 0 spiro atoms. The van der Waals surface area contributed by atoms with Crippen LogP contribution in [-0.4, -0.2) is 9.97 Å². The van der Waals surface area contributed by atoms with E-state index in [1.54, 1.807) is 0 Å². The van der Waals surface area contributed by atoms with Crippen LogP contribution >= 0.6 is 0 Å². The molecule has 0 aliphatic rings. The molecule has 0 unspecified atom stereocenters. The van der Waals surface area contributed by atoms with Gasteiger partial charge in [-0.15, -0.1) is 0 Å². The molecular formula is C12H14N2. The fourth-order valence-corrected chi connectivity index (χ4v) is 1.58. The topological polar surface area (TPSA) is 28.7 Å². The number of benzene rings is 1. The van der Waals surface area contributed by atoms with Crippen molar-refractivity contribution in [1.29, 1.82) is 0 Å². The highest BCUT2D eigenvalue weighted by molar-refractivity contribution is 5.63. The van der Waals surface area contributed by atoms with E-state index in [1.807, 2.05) is 13.1 Å². The molecule has 0 bridgehead atoms. The maximum atomic E-state index is 4.21. The van der Waals surface area contributed by atoms with E-state index in [9.17, 15) is 0 Å². The van der Waals surface area contributed by atoms with E-state index in [2.05, 4.69) is 42.0 Å². The first-order chi connectivity index (χ1) is 6.66. The number of nitrogens with one attached hydrogen (secondary N) is 1. The summed E-state index contributed by atoms with van der Waals surface area (Å²) < 4.78 is 0. The molecule has 0 saturated heterocycles. The molecule has 2 heteroatoms. The molecule has 0 fully saturated rings. The zero-order valence-corrected chi connectivity index (χ0v) is 8.76. The Labute approximate surface area is 84.0 Å². The number of imidazole rings is 1. The Hall–Kier alpha value is -1.57. The molecular weight excluding hydrogens is 172 g/mol. The Balaban J connectivity index is 2.55. The van der Waals surface area contributed by atoms with E-state index in [0.717, 1.165) is 11.5 Å². The summed E-state index contributed by atoms with van der Waals surface area (Å²) in [4.78, 5) is 7.46. The molecule has 0 aliphatic carbocycles. The summed E-state index contributed by atoms with van der Waals surface area (Å²) in [5.74, 6) is 0.959. The molecule has 2 rings (SSSR count). The fraction of sp³-hybridized carbons (Fsp3) is 0.250. The number of nitrogens with zero attached hydrogens (tertiary/aromatic N) is 1. The number of aryl methyl sites for hydroxylation is 3. The SMILES string of the molecule is Cc1ccc(C)c(-c2cnc(C)[nH]2)c1. The number of rotatable bonds is 1. The van der Waals surface area contributed by atoms with Crippen LogP contribution in [0.1, 0.15) is 17.0 Å². The van der Waals surface area contributed by atoms with E-state index in [-0.39, 0.29) is 0 Å². The van der Waals surface area contributed by atoms with Gasteiger partial charge >= 0.3 is 0 Å². The Bertz CT molecular complexity index is 455. The lowest BCUT2D eigenvalue weighted by atomic mass is 10.0. The van der Waals surface area contributed by atoms with Crippen LogP contribution in [0, 0.1) is 20.8 Å². The van der Waals surface area contributed by atoms with Gasteiger partial charge in [0, 0.05) is 5.56 Å². The molecule has 0 saturated carbocycles. The highest BCUT2D eigenvalue weighted by Crippen LogP contribution is 2.22. The zero-order chi connectivity index (χ0) is 10.1. The van der Waals surface area contributed by atoms with E-state index in [4.69, 9.17) is 0 Å². The van der Waals surface area contributed by atoms with Crippen molar-refractivity contribution in [2.75, 3.05) is 0 Å². The van der Waals surface area contributed by atoms with Crippen LogP contribution < -0.4 is 0 Å². The fourth-order valence-electron chi connectivity index (χ4n) is 1.58. The van der Waals surface area contributed by atoms with Crippen LogP contribution in [0.4, 0.5) is 0 Å². The lowest BCUT2D eigenvalue weighted by Gasteiger charge is -2.03. The number of H-pyrrole nitrogens is 1. The monoisotopic (exact) mass is 186 g/mol. The van der Waals surface area contributed by atoms with Crippen molar-refractivity contribution in [3.05, 3.63) is 41.3 Å². The maximum absolute atomic E-state index is 4.21. The van der Waals surface area contributed by atoms with Crippen molar-refractivity contribution in [1.82, 2.24) is 9.97 Å². The second-order valence-electron chi connectivity index (χ2n) is 3.70. The molecule has 72 valence electrons. The minimum Gasteiger partial charge on any atom is -0.342 e. The Morgan fingerprint density at radius 1 is 1.14 bits per heavy atom. The summed E-state index contributed by atoms with van der Waals surface area (Å²) in [5.41, 5.74) is 4.89. The standard InChI is InChI=1S/C12H14N2/c1-8-4-5-9(2)11(6-8)12-7-13-10(3)14-12/h4-7H,1-3H3,(H,13,14). The summed E-state index contributed by atoms with van der Waals surface area (Å²) in [6.45, 7) is 6.19. The van der Waals surface area contributed by atoms with Crippen molar-refractivity contribution in [2.24, 2.45) is 0 Å². The van der Waals surface area contributed by atoms with Gasteiger partial charge < -0.3 is 4.98 Å². The molecule has 14 heavy (non-hydrogen) atoms. The van der Waals surface area contributed by atoms with Crippen molar-refractivity contribution < 1.29 is 0 Å². The van der Waals surface area contributed by atoms with E-state index >= 15 is 0 Å². The molecule has 0 aliphatic heterocycles. The summed E-state index contributed by atoms with van der Waals surface area (Å²) in [7, 11) is 0. The van der Waals surface area contributed by atoms with Gasteiger partial charge in [0.1, 0.15) is 5.82 Å². The van der Waals surface area contributed by atoms with Gasteiger partial charge in [0.05, 0.1) is 11.9 Å². The van der Waals surface area contributed by atoms with Crippen molar-refractivity contribution in [2.45, 2.75) is 20.8 Å². The minimum atomic E-state index is 0.959. The Morgan fingerprint density at radius 3 is 2.57 bits per heavy atom. The van der Waals surface area contributed by atoms with Crippen LogP contribution in [-0.2, 0) is 0 Å². The van der Waals surface area contributed by atoms with Crippen LogP contribution in [0.25, 0.3) is 11.3 Å². The number of aromatic amines is 1. The molecule has 1 aromatic heterocycles. The lowest BCUT2D eigenvalue weighted by molar-refractivity contribution is 1.15. The molecule has 1 N–H and O–H groups in total. The van der Waals surface area contributed by atoms with Gasteiger partial charge in [0.25, 0.3) is 0 Å². The third-order valence-electron chi connectivity index (χ3n) is 2.39. The van der Waals surface area contributed by atoms with Crippen molar-refractivity contribution >= 4 is 0 Å². The second kappa shape index (κ2) is 3.29. The third-order valence-corrected chi connectivity index (χ3v) is 2.39. The number of hydrogen-bond donors (Lipinski definition) is 1. The first-order valence-electron chi connectivity index (χ1n) is 4.76. The van der Waals surface area contributed by atoms with Crippen molar-refractivity contribution in [3.63, 3.8) is 0 Å². The predicted molar refractivity (Wildman–Crippen MR) is 58.2 cm³/mol. The first kappa shape index (κ1) is 9.00. The second-order valence-corrected chi connectivity index (χ2v) is 3.70. The van der Waals surface area contributed by atoms with Gasteiger partial charge in [-0.25, -0.2) is 4.98 Å². The van der Waals surface area contributed by atoms with E-state index in [0.29, 0.717) is 0 Å². The van der Waals surface area contributed by atoms with Gasteiger partial charge in [-0.05, 0) is 32.4 Å². The molecule has 1 heterocycles. The summed E-state index contributed by atoms with van der Waals surface area (Å²) in [6, 6.07) is 6.45. The molecule has 0 amide bonds. The first-order valence-corrected chi connectivity index (χ1v) is 4.76. The highest BCUT2D eigenvalue weighted by Gasteiger charge is 2.03. The van der Waals surface area contributed by atoms with Crippen LogP contribution in [0.15, 0.2) is 24.4 Å². The highest BCUT2D eigenvalue weighted by atomic mass is 14.9. The van der Waals surface area contributed by atoms with Gasteiger partial charge in [-0.1, -0.05) is 17.7 Å². The van der Waals surface area contributed by atoms with Gasteiger partial charge in [-0.3, -0.25) is 0 Å². The smallest absolute Gasteiger partial charge is 0.103 e. The summed E-state index contributed by atoms with van der Waals surface area (Å²) in [6.07, 6.45) is 1.89. The van der Waals surface area contributed by atoms with Crippen LogP contribution in [0.3, 0.4) is 0 Å². The Morgan fingerprint density at radius 2 is 1.93 bits per heavy atom. The van der Waals surface area contributed by atoms with E-state index < -0.39 is 0 Å². The maximum Gasteiger partial charge on any atom is 0.103 e. The molecule has 1 aromatic carbocycles. The average Bonchev–Trinajstić information content (AvgIpc) is 2.56. The zero-order valence-electron chi connectivity index (χ0n) is 8.76. The van der Waals surface area contributed by atoms with E-state index in [1.165, 1.54) is 16.7 Å². The Kier molecular flexibility index (Phi) is 2.12. The van der Waals surface area contributed by atoms with Crippen LogP contribution in [0.2, 0.25) is 0 Å². The van der Waals surface area contributed by atoms with Crippen LogP contribution in [0.5, 0.6) is 0 Å². The summed E-state index contributed by atoms with van der Waals surface area (Å²) in [5, 5.41) is 0. The quantitative estimate of drug-likeness (QED) is 0.728. The normalized spacial score (nSPS) is 10.5. The average molecular weight is 186 g/mol. The third kappa shape index (κ3) is 1.55. The lowest BCUT2D eigenvalue weighted by Crippen LogP contribution is -1.84.